The summed E-state index contributed by atoms with van der Waals surface area (Å²) in [6.07, 6.45) is 5.84. The fraction of sp³-hybridized carbons (Fsp3) is 0.857. The van der Waals surface area contributed by atoms with E-state index in [-0.39, 0.29) is 12.1 Å². The molecule has 0 aromatic heterocycles. The van der Waals surface area contributed by atoms with Gasteiger partial charge in [0.15, 0.2) is 0 Å². The van der Waals surface area contributed by atoms with Gasteiger partial charge in [-0.2, -0.15) is 0 Å². The summed E-state index contributed by atoms with van der Waals surface area (Å²) < 4.78 is 0. The molecule has 20 heavy (non-hydrogen) atoms. The van der Waals surface area contributed by atoms with Crippen LogP contribution >= 0.6 is 0 Å². The normalized spacial score (nSPS) is 34.0. The summed E-state index contributed by atoms with van der Waals surface area (Å²) >= 11 is 0. The number of aliphatic carboxylic acids is 1. The summed E-state index contributed by atoms with van der Waals surface area (Å²) in [6.45, 7) is 2.81. The van der Waals surface area contributed by atoms with E-state index in [2.05, 4.69) is 10.2 Å². The van der Waals surface area contributed by atoms with Gasteiger partial charge in [-0.3, -0.25) is 0 Å². The van der Waals surface area contributed by atoms with Crippen molar-refractivity contribution in [2.75, 3.05) is 19.6 Å². The van der Waals surface area contributed by atoms with Gasteiger partial charge in [0.25, 0.3) is 0 Å². The highest BCUT2D eigenvalue weighted by Gasteiger charge is 2.37. The average molecular weight is 281 g/mol. The van der Waals surface area contributed by atoms with Gasteiger partial charge in [-0.15, -0.1) is 0 Å². The number of likely N-dealkylation sites (tertiary alicyclic amines) is 1. The molecule has 0 bridgehead atoms. The lowest BCUT2D eigenvalue weighted by Gasteiger charge is -2.36. The average Bonchev–Trinajstić information content (AvgIpc) is 3.06. The van der Waals surface area contributed by atoms with Crippen LogP contribution in [0.5, 0.6) is 0 Å². The van der Waals surface area contributed by atoms with Crippen molar-refractivity contribution in [2.24, 2.45) is 0 Å². The number of nitrogens with one attached hydrogen (secondary N) is 1. The van der Waals surface area contributed by atoms with Crippen molar-refractivity contribution in [3.63, 3.8) is 0 Å². The minimum Gasteiger partial charge on any atom is -0.480 e. The monoisotopic (exact) mass is 281 g/mol. The number of fused-ring (bicyclic) bond motifs is 1. The van der Waals surface area contributed by atoms with Crippen molar-refractivity contribution in [2.45, 2.75) is 56.7 Å². The van der Waals surface area contributed by atoms with Gasteiger partial charge in [0.1, 0.15) is 6.04 Å². The zero-order chi connectivity index (χ0) is 14.1. The van der Waals surface area contributed by atoms with Crippen LogP contribution in [0, 0.1) is 0 Å². The molecule has 3 aliphatic heterocycles. The van der Waals surface area contributed by atoms with Crippen molar-refractivity contribution in [3.8, 4) is 0 Å². The summed E-state index contributed by atoms with van der Waals surface area (Å²) in [4.78, 5) is 27.4. The van der Waals surface area contributed by atoms with Gasteiger partial charge in [-0.05, 0) is 45.1 Å². The zero-order valence-corrected chi connectivity index (χ0v) is 11.8. The smallest absolute Gasteiger partial charge is 0.326 e. The third kappa shape index (κ3) is 2.61. The number of carbonyl (C=O) groups excluding carboxylic acids is 1. The fourth-order valence-corrected chi connectivity index (χ4v) is 3.88. The van der Waals surface area contributed by atoms with Crippen LogP contribution in [0.1, 0.15) is 38.5 Å². The molecule has 2 unspecified atom stereocenters. The number of hydrogen-bond donors (Lipinski definition) is 2. The van der Waals surface area contributed by atoms with E-state index in [1.165, 1.54) is 24.3 Å². The Morgan fingerprint density at radius 3 is 2.65 bits per heavy atom. The van der Waals surface area contributed by atoms with E-state index in [0.717, 1.165) is 25.8 Å². The molecule has 0 saturated carbocycles. The number of carboxylic acid groups (broad SMARTS) is 1. The molecule has 2 amide bonds. The number of hydrogen-bond acceptors (Lipinski definition) is 3. The van der Waals surface area contributed by atoms with Crippen molar-refractivity contribution in [1.29, 1.82) is 0 Å². The van der Waals surface area contributed by atoms with E-state index in [1.54, 1.807) is 0 Å². The zero-order valence-electron chi connectivity index (χ0n) is 11.8. The Kier molecular flexibility index (Phi) is 3.83. The Morgan fingerprint density at radius 1 is 1.05 bits per heavy atom. The van der Waals surface area contributed by atoms with Gasteiger partial charge in [-0.25, -0.2) is 9.59 Å². The first-order valence-corrected chi connectivity index (χ1v) is 7.69. The molecule has 0 aliphatic carbocycles. The van der Waals surface area contributed by atoms with Crippen LogP contribution in [0.4, 0.5) is 4.79 Å². The summed E-state index contributed by atoms with van der Waals surface area (Å²) in [7, 11) is 0. The molecule has 3 heterocycles. The van der Waals surface area contributed by atoms with Crippen LogP contribution < -0.4 is 5.32 Å². The molecule has 0 spiro atoms. The third-order valence-electron chi connectivity index (χ3n) is 4.95. The number of rotatable bonds is 2. The van der Waals surface area contributed by atoms with Crippen LogP contribution in [-0.2, 0) is 4.79 Å². The third-order valence-corrected chi connectivity index (χ3v) is 4.95. The van der Waals surface area contributed by atoms with Crippen LogP contribution in [0.2, 0.25) is 0 Å². The van der Waals surface area contributed by atoms with Crippen molar-refractivity contribution >= 4 is 12.0 Å². The van der Waals surface area contributed by atoms with Gasteiger partial charge in [0.05, 0.1) is 0 Å². The molecule has 6 nitrogen and oxygen atoms in total. The number of carbonyl (C=O) groups is 2. The van der Waals surface area contributed by atoms with Crippen LogP contribution in [0.3, 0.4) is 0 Å². The van der Waals surface area contributed by atoms with E-state index < -0.39 is 12.0 Å². The number of piperidine rings is 1. The molecule has 3 rings (SSSR count). The largest absolute Gasteiger partial charge is 0.480 e. The molecule has 3 saturated heterocycles. The first-order chi connectivity index (χ1) is 9.65. The molecule has 112 valence electrons. The molecular formula is C14H23N3O3. The molecular weight excluding hydrogens is 258 g/mol. The Morgan fingerprint density at radius 2 is 1.85 bits per heavy atom. The van der Waals surface area contributed by atoms with Gasteiger partial charge >= 0.3 is 12.0 Å². The summed E-state index contributed by atoms with van der Waals surface area (Å²) in [5.74, 6) is -0.886. The predicted molar refractivity (Wildman–Crippen MR) is 73.5 cm³/mol. The lowest BCUT2D eigenvalue weighted by atomic mass is 9.98. The minimum atomic E-state index is -0.886. The first kappa shape index (κ1) is 13.7. The van der Waals surface area contributed by atoms with Crippen LogP contribution in [0.15, 0.2) is 0 Å². The maximum atomic E-state index is 12.3. The predicted octanol–water partition coefficient (Wildman–Crippen LogP) is 0.872. The molecule has 6 heteroatoms. The van der Waals surface area contributed by atoms with E-state index >= 15 is 0 Å². The van der Waals surface area contributed by atoms with Gasteiger partial charge in [0, 0.05) is 25.2 Å². The van der Waals surface area contributed by atoms with Crippen molar-refractivity contribution in [1.82, 2.24) is 15.1 Å². The SMILES string of the molecule is O=C(O)[C@@H]1CCCN1C(=O)NC1CCN2CCCC2C1. The lowest BCUT2D eigenvalue weighted by molar-refractivity contribution is -0.141. The number of nitrogens with zero attached hydrogens (tertiary/aromatic N) is 2. The highest BCUT2D eigenvalue weighted by molar-refractivity contribution is 5.83. The fourth-order valence-electron chi connectivity index (χ4n) is 3.88. The minimum absolute atomic E-state index is 0.189. The summed E-state index contributed by atoms with van der Waals surface area (Å²) in [5.41, 5.74) is 0. The Balaban J connectivity index is 1.55. The van der Waals surface area contributed by atoms with Gasteiger partial charge in [0.2, 0.25) is 0 Å². The van der Waals surface area contributed by atoms with Crippen molar-refractivity contribution < 1.29 is 14.7 Å². The van der Waals surface area contributed by atoms with E-state index in [9.17, 15) is 9.59 Å². The number of amides is 2. The second kappa shape index (κ2) is 5.60. The quantitative estimate of drug-likeness (QED) is 0.788. The molecule has 3 fully saturated rings. The second-order valence-corrected chi connectivity index (χ2v) is 6.19. The highest BCUT2D eigenvalue weighted by atomic mass is 16.4. The second-order valence-electron chi connectivity index (χ2n) is 6.19. The topological polar surface area (TPSA) is 72.9 Å². The Labute approximate surface area is 119 Å². The Hall–Kier alpha value is -1.30. The maximum Gasteiger partial charge on any atom is 0.326 e. The molecule has 2 N–H and O–H groups in total. The van der Waals surface area contributed by atoms with Gasteiger partial charge < -0.3 is 20.2 Å². The van der Waals surface area contributed by atoms with Crippen LogP contribution in [-0.4, -0.2) is 64.7 Å². The van der Waals surface area contributed by atoms with E-state index in [4.69, 9.17) is 5.11 Å². The molecule has 3 atom stereocenters. The molecule has 0 radical (unpaired) electrons. The summed E-state index contributed by atoms with van der Waals surface area (Å²) in [6, 6.07) is -0.00675. The number of carboxylic acids is 1. The van der Waals surface area contributed by atoms with Crippen molar-refractivity contribution in [3.05, 3.63) is 0 Å². The summed E-state index contributed by atoms with van der Waals surface area (Å²) in [5, 5.41) is 12.2. The van der Waals surface area contributed by atoms with Gasteiger partial charge in [-0.1, -0.05) is 0 Å². The van der Waals surface area contributed by atoms with E-state index in [1.807, 2.05) is 0 Å². The first-order valence-electron chi connectivity index (χ1n) is 7.69. The number of urea groups is 1. The van der Waals surface area contributed by atoms with E-state index in [0.29, 0.717) is 19.0 Å². The molecule has 0 aromatic rings. The standard InChI is InChI=1S/C14H23N3O3/c18-13(19)12-4-2-7-17(12)14(20)15-10-5-8-16-6-1-3-11(16)9-10/h10-12H,1-9H2,(H,15,20)(H,18,19)/t10?,11?,12-/m0/s1. The lowest BCUT2D eigenvalue weighted by Crippen LogP contribution is -2.52. The highest BCUT2D eigenvalue weighted by Crippen LogP contribution is 2.27. The van der Waals surface area contributed by atoms with Crippen LogP contribution in [0.25, 0.3) is 0 Å². The molecule has 3 aliphatic rings. The Bertz CT molecular complexity index is 401. The molecule has 0 aromatic carbocycles. The maximum absolute atomic E-state index is 12.3.